The van der Waals surface area contributed by atoms with Crippen LogP contribution in [0.5, 0.6) is 5.75 Å². The molecule has 6 rings (SSSR count). The molecule has 3 heterocycles. The van der Waals surface area contributed by atoms with Gasteiger partial charge in [0.2, 0.25) is 0 Å². The molecule has 218 valence electrons. The van der Waals surface area contributed by atoms with Gasteiger partial charge < -0.3 is 14.7 Å². The van der Waals surface area contributed by atoms with Gasteiger partial charge in [0.05, 0.1) is 23.1 Å². The van der Waals surface area contributed by atoms with Crippen molar-refractivity contribution >= 4 is 32.3 Å². The number of sulfone groups is 1. The number of aryl methyl sites for hydroxylation is 2. The molecule has 2 aromatic carbocycles. The Morgan fingerprint density at radius 3 is 2.49 bits per heavy atom. The molecule has 10 heteroatoms. The topological polar surface area (TPSA) is 100 Å². The number of hydrogen-bond acceptors (Lipinski definition) is 8. The number of carbonyl (C=O) groups is 1. The van der Waals surface area contributed by atoms with Gasteiger partial charge >= 0.3 is 5.97 Å². The van der Waals surface area contributed by atoms with Crippen molar-refractivity contribution in [2.75, 3.05) is 42.6 Å². The molecule has 3 fully saturated rings. The van der Waals surface area contributed by atoms with Crippen molar-refractivity contribution in [3.8, 4) is 17.0 Å². The summed E-state index contributed by atoms with van der Waals surface area (Å²) in [5.74, 6) is 0.786. The van der Waals surface area contributed by atoms with Crippen LogP contribution in [0.25, 0.3) is 11.3 Å². The Morgan fingerprint density at radius 2 is 1.80 bits per heavy atom. The molecule has 41 heavy (non-hydrogen) atoms. The first-order chi connectivity index (χ1) is 19.6. The molecule has 2 bridgehead atoms. The van der Waals surface area contributed by atoms with Crippen molar-refractivity contribution in [1.29, 1.82) is 0 Å². The van der Waals surface area contributed by atoms with Crippen LogP contribution in [0.15, 0.2) is 41.8 Å². The number of aliphatic carboxylic acids is 1. The molecule has 0 amide bonds. The number of carboxylic acid groups (broad SMARTS) is 1. The molecule has 1 aliphatic carbocycles. The number of anilines is 1. The van der Waals surface area contributed by atoms with Crippen molar-refractivity contribution in [3.63, 3.8) is 0 Å². The van der Waals surface area contributed by atoms with E-state index < -0.39 is 15.8 Å². The normalized spacial score (nSPS) is 24.0. The van der Waals surface area contributed by atoms with E-state index in [0.29, 0.717) is 19.7 Å². The molecule has 8 nitrogen and oxygen atoms in total. The number of aromatic nitrogens is 1. The number of rotatable bonds is 8. The molecule has 2 saturated heterocycles. The van der Waals surface area contributed by atoms with Crippen LogP contribution >= 0.6 is 11.3 Å². The first kappa shape index (κ1) is 28.2. The number of benzene rings is 2. The fourth-order valence-electron chi connectivity index (χ4n) is 6.63. The van der Waals surface area contributed by atoms with Gasteiger partial charge in [-0.25, -0.2) is 13.4 Å². The number of carboxylic acids is 1. The smallest absolute Gasteiger partial charge is 0.307 e. The minimum absolute atomic E-state index is 0.196. The summed E-state index contributed by atoms with van der Waals surface area (Å²) in [6.45, 7) is 8.02. The molecule has 2 aliphatic heterocycles. The lowest BCUT2D eigenvalue weighted by Gasteiger charge is -2.35. The van der Waals surface area contributed by atoms with Crippen LogP contribution in [0.4, 0.5) is 5.13 Å². The highest BCUT2D eigenvalue weighted by molar-refractivity contribution is 7.91. The van der Waals surface area contributed by atoms with Gasteiger partial charge in [-0.15, -0.1) is 11.3 Å². The minimum Gasteiger partial charge on any atom is -0.488 e. The minimum atomic E-state index is -2.88. The van der Waals surface area contributed by atoms with Gasteiger partial charge in [-0.05, 0) is 67.3 Å². The van der Waals surface area contributed by atoms with E-state index in [2.05, 4.69) is 59.4 Å². The van der Waals surface area contributed by atoms with Crippen LogP contribution < -0.4 is 9.64 Å². The summed E-state index contributed by atoms with van der Waals surface area (Å²) >= 11 is 1.61. The SMILES string of the molecule is Cc1ccc(OCc2ccc(CN3CCS(=O)(=O)CC3)cc2C)c(-c2csc(N3CC4CCC(C3)C4C(=O)O)n2)c1. The molecule has 1 saturated carbocycles. The lowest BCUT2D eigenvalue weighted by Crippen LogP contribution is -2.44. The third-order valence-electron chi connectivity index (χ3n) is 8.93. The maximum absolute atomic E-state index is 11.8. The highest BCUT2D eigenvalue weighted by atomic mass is 32.2. The number of nitrogens with zero attached hydrogens (tertiary/aromatic N) is 3. The van der Waals surface area contributed by atoms with E-state index in [1.54, 1.807) is 11.3 Å². The average Bonchev–Trinajstić information content (AvgIpc) is 3.53. The molecule has 0 radical (unpaired) electrons. The van der Waals surface area contributed by atoms with Crippen LogP contribution in [0, 0.1) is 31.6 Å². The van der Waals surface area contributed by atoms with Crippen LogP contribution in [0.3, 0.4) is 0 Å². The van der Waals surface area contributed by atoms with E-state index in [0.717, 1.165) is 71.3 Å². The zero-order valence-corrected chi connectivity index (χ0v) is 25.2. The Kier molecular flexibility index (Phi) is 7.82. The maximum atomic E-state index is 11.8. The van der Waals surface area contributed by atoms with Crippen molar-refractivity contribution in [1.82, 2.24) is 9.88 Å². The fourth-order valence-corrected chi connectivity index (χ4v) is 8.75. The summed E-state index contributed by atoms with van der Waals surface area (Å²) < 4.78 is 29.8. The van der Waals surface area contributed by atoms with Crippen molar-refractivity contribution < 1.29 is 23.1 Å². The van der Waals surface area contributed by atoms with Gasteiger partial charge in [-0.3, -0.25) is 9.69 Å². The average molecular weight is 596 g/mol. The quantitative estimate of drug-likeness (QED) is 0.397. The predicted molar refractivity (Wildman–Crippen MR) is 161 cm³/mol. The van der Waals surface area contributed by atoms with E-state index in [1.165, 1.54) is 5.56 Å². The largest absolute Gasteiger partial charge is 0.488 e. The van der Waals surface area contributed by atoms with E-state index in [9.17, 15) is 18.3 Å². The molecular weight excluding hydrogens is 558 g/mol. The van der Waals surface area contributed by atoms with Gasteiger partial charge in [0.25, 0.3) is 0 Å². The fraction of sp³-hybridized carbons (Fsp3) is 0.484. The zero-order valence-electron chi connectivity index (χ0n) is 23.6. The third kappa shape index (κ3) is 6.15. The van der Waals surface area contributed by atoms with E-state index >= 15 is 0 Å². The Hall–Kier alpha value is -2.95. The Balaban J connectivity index is 1.13. The second-order valence-electron chi connectivity index (χ2n) is 11.9. The van der Waals surface area contributed by atoms with Crippen molar-refractivity contribution in [2.24, 2.45) is 17.8 Å². The summed E-state index contributed by atoms with van der Waals surface area (Å²) in [5, 5.41) is 12.7. The third-order valence-corrected chi connectivity index (χ3v) is 11.4. The van der Waals surface area contributed by atoms with Gasteiger partial charge in [0.15, 0.2) is 15.0 Å². The first-order valence-electron chi connectivity index (χ1n) is 14.3. The van der Waals surface area contributed by atoms with Gasteiger partial charge in [0, 0.05) is 43.7 Å². The summed E-state index contributed by atoms with van der Waals surface area (Å²) in [7, 11) is -2.88. The number of thiazole rings is 1. The molecule has 2 unspecified atom stereocenters. The Morgan fingerprint density at radius 1 is 1.07 bits per heavy atom. The molecule has 0 spiro atoms. The van der Waals surface area contributed by atoms with Crippen LogP contribution in [0.2, 0.25) is 0 Å². The predicted octanol–water partition coefficient (Wildman–Crippen LogP) is 4.78. The summed E-state index contributed by atoms with van der Waals surface area (Å²) in [6.07, 6.45) is 1.96. The number of piperidine rings is 1. The van der Waals surface area contributed by atoms with Crippen molar-refractivity contribution in [2.45, 2.75) is 39.8 Å². The Bertz CT molecular complexity index is 1520. The molecule has 1 N–H and O–H groups in total. The van der Waals surface area contributed by atoms with E-state index in [-0.39, 0.29) is 29.3 Å². The molecule has 2 atom stereocenters. The highest BCUT2D eigenvalue weighted by Gasteiger charge is 2.46. The lowest BCUT2D eigenvalue weighted by molar-refractivity contribution is -0.144. The highest BCUT2D eigenvalue weighted by Crippen LogP contribution is 2.44. The zero-order chi connectivity index (χ0) is 28.7. The van der Waals surface area contributed by atoms with Crippen LogP contribution in [0.1, 0.15) is 35.1 Å². The number of hydrogen-bond donors (Lipinski definition) is 1. The van der Waals surface area contributed by atoms with Gasteiger partial charge in [-0.2, -0.15) is 0 Å². The maximum Gasteiger partial charge on any atom is 0.307 e. The number of fused-ring (bicyclic) bond motifs is 2. The van der Waals surface area contributed by atoms with E-state index in [1.807, 2.05) is 6.07 Å². The molecular formula is C31H37N3O5S2. The van der Waals surface area contributed by atoms with Gasteiger partial charge in [-0.1, -0.05) is 29.8 Å². The lowest BCUT2D eigenvalue weighted by atomic mass is 9.85. The number of ether oxygens (including phenoxy) is 1. The summed E-state index contributed by atoms with van der Waals surface area (Å²) in [6, 6.07) is 12.6. The second kappa shape index (κ2) is 11.4. The standard InChI is InChI=1S/C31H37N3O5S2/c1-20-3-8-28(39-18-25-5-4-22(14-21(25)2)15-33-9-11-41(37,38)12-10-33)26(13-20)27-19-40-31(32-27)34-16-23-6-7-24(17-34)29(23)30(35)36/h3-5,8,13-14,19,23-24,29H,6-7,9-12,15-18H2,1-2H3,(H,35,36). The summed E-state index contributed by atoms with van der Waals surface area (Å²) in [5.41, 5.74) is 6.41. The van der Waals surface area contributed by atoms with E-state index in [4.69, 9.17) is 9.72 Å². The molecule has 3 aromatic rings. The van der Waals surface area contributed by atoms with Crippen molar-refractivity contribution in [3.05, 3.63) is 64.0 Å². The van der Waals surface area contributed by atoms with Crippen LogP contribution in [-0.4, -0.2) is 67.1 Å². The monoisotopic (exact) mass is 595 g/mol. The van der Waals surface area contributed by atoms with Crippen LogP contribution in [-0.2, 0) is 27.8 Å². The summed E-state index contributed by atoms with van der Waals surface area (Å²) in [4.78, 5) is 21.2. The molecule has 3 aliphatic rings. The second-order valence-corrected chi connectivity index (χ2v) is 15.0. The Labute approximate surface area is 245 Å². The molecule has 1 aromatic heterocycles. The van der Waals surface area contributed by atoms with Gasteiger partial charge in [0.1, 0.15) is 12.4 Å². The first-order valence-corrected chi connectivity index (χ1v) is 17.0.